The van der Waals surface area contributed by atoms with Crippen LogP contribution in [0.15, 0.2) is 30.5 Å². The summed E-state index contributed by atoms with van der Waals surface area (Å²) in [6.07, 6.45) is 3.01. The van der Waals surface area contributed by atoms with E-state index in [0.717, 1.165) is 36.5 Å². The monoisotopic (exact) mass is 247 g/mol. The number of aryl methyl sites for hydroxylation is 1. The molecule has 0 aliphatic carbocycles. The van der Waals surface area contributed by atoms with Crippen molar-refractivity contribution in [2.24, 2.45) is 0 Å². The molecule has 2 aromatic rings. The van der Waals surface area contributed by atoms with Crippen LogP contribution in [0.5, 0.6) is 0 Å². The van der Waals surface area contributed by atoms with Gasteiger partial charge in [0, 0.05) is 12.7 Å². The zero-order valence-corrected chi connectivity index (χ0v) is 10.8. The fourth-order valence-corrected chi connectivity index (χ4v) is 1.86. The third-order valence-corrected chi connectivity index (χ3v) is 2.78. The lowest BCUT2D eigenvalue weighted by molar-refractivity contribution is 0.625. The molecular formula is C14H18FN3. The van der Waals surface area contributed by atoms with Gasteiger partial charge in [-0.3, -0.25) is 0 Å². The summed E-state index contributed by atoms with van der Waals surface area (Å²) in [4.78, 5) is 0. The molecule has 0 aliphatic heterocycles. The minimum Gasteiger partial charge on any atom is -0.311 e. The Labute approximate surface area is 107 Å². The molecule has 0 bridgehead atoms. The first-order valence-electron chi connectivity index (χ1n) is 6.22. The van der Waals surface area contributed by atoms with E-state index in [4.69, 9.17) is 0 Å². The van der Waals surface area contributed by atoms with Crippen LogP contribution in [0.25, 0.3) is 5.69 Å². The second-order valence-corrected chi connectivity index (χ2v) is 4.36. The van der Waals surface area contributed by atoms with Crippen LogP contribution in [0.1, 0.15) is 24.6 Å². The minimum absolute atomic E-state index is 0.215. The first kappa shape index (κ1) is 12.8. The molecule has 1 aromatic carbocycles. The van der Waals surface area contributed by atoms with Crippen molar-refractivity contribution in [2.75, 3.05) is 6.54 Å². The molecular weight excluding hydrogens is 229 g/mol. The summed E-state index contributed by atoms with van der Waals surface area (Å²) in [7, 11) is 0. The van der Waals surface area contributed by atoms with Crippen LogP contribution in [0.3, 0.4) is 0 Å². The van der Waals surface area contributed by atoms with E-state index < -0.39 is 0 Å². The predicted octanol–water partition coefficient (Wildman–Crippen LogP) is 2.82. The van der Waals surface area contributed by atoms with Gasteiger partial charge in [-0.05, 0) is 49.7 Å². The van der Waals surface area contributed by atoms with Crippen molar-refractivity contribution in [1.82, 2.24) is 15.1 Å². The van der Waals surface area contributed by atoms with Gasteiger partial charge in [0.2, 0.25) is 0 Å². The van der Waals surface area contributed by atoms with Gasteiger partial charge in [0.15, 0.2) is 0 Å². The molecule has 0 amide bonds. The highest BCUT2D eigenvalue weighted by atomic mass is 19.1. The number of halogens is 1. The van der Waals surface area contributed by atoms with E-state index in [0.29, 0.717) is 0 Å². The van der Waals surface area contributed by atoms with Crippen molar-refractivity contribution in [3.8, 4) is 5.69 Å². The largest absolute Gasteiger partial charge is 0.311 e. The fourth-order valence-electron chi connectivity index (χ4n) is 1.86. The Hall–Kier alpha value is -1.68. The van der Waals surface area contributed by atoms with E-state index in [1.165, 1.54) is 12.1 Å². The van der Waals surface area contributed by atoms with Crippen molar-refractivity contribution in [3.63, 3.8) is 0 Å². The highest BCUT2D eigenvalue weighted by Crippen LogP contribution is 2.14. The molecule has 2 rings (SSSR count). The number of nitrogens with one attached hydrogen (secondary N) is 1. The van der Waals surface area contributed by atoms with Gasteiger partial charge in [0.25, 0.3) is 0 Å². The summed E-state index contributed by atoms with van der Waals surface area (Å²) in [5, 5.41) is 7.78. The lowest BCUT2D eigenvalue weighted by atomic mass is 10.2. The van der Waals surface area contributed by atoms with Crippen molar-refractivity contribution >= 4 is 0 Å². The Morgan fingerprint density at radius 1 is 1.33 bits per heavy atom. The van der Waals surface area contributed by atoms with E-state index in [1.54, 1.807) is 10.7 Å². The summed E-state index contributed by atoms with van der Waals surface area (Å²) < 4.78 is 14.8. The normalized spacial score (nSPS) is 10.8. The second kappa shape index (κ2) is 5.78. The van der Waals surface area contributed by atoms with E-state index in [9.17, 15) is 4.39 Å². The van der Waals surface area contributed by atoms with Gasteiger partial charge >= 0.3 is 0 Å². The van der Waals surface area contributed by atoms with Gasteiger partial charge in [-0.1, -0.05) is 6.92 Å². The van der Waals surface area contributed by atoms with Crippen molar-refractivity contribution in [1.29, 1.82) is 0 Å². The Balaban J connectivity index is 2.13. The van der Waals surface area contributed by atoms with Crippen LogP contribution in [-0.2, 0) is 6.54 Å². The molecule has 0 spiro atoms. The summed E-state index contributed by atoms with van der Waals surface area (Å²) >= 11 is 0. The second-order valence-electron chi connectivity index (χ2n) is 4.36. The first-order valence-corrected chi connectivity index (χ1v) is 6.22. The Morgan fingerprint density at radius 3 is 2.89 bits per heavy atom. The molecule has 18 heavy (non-hydrogen) atoms. The standard InChI is InChI=1S/C14H18FN3/c1-3-7-16-10-13-6-8-18(17-13)14-5-4-12(15)9-11(14)2/h4-6,8-9,16H,3,7,10H2,1-2H3. The van der Waals surface area contributed by atoms with Gasteiger partial charge in [0.1, 0.15) is 5.82 Å². The molecule has 0 unspecified atom stereocenters. The highest BCUT2D eigenvalue weighted by molar-refractivity contribution is 5.39. The summed E-state index contributed by atoms with van der Waals surface area (Å²) in [5.41, 5.74) is 2.79. The van der Waals surface area contributed by atoms with Crippen LogP contribution < -0.4 is 5.32 Å². The SMILES string of the molecule is CCCNCc1ccn(-c2ccc(F)cc2C)n1. The third kappa shape index (κ3) is 2.96. The molecule has 3 nitrogen and oxygen atoms in total. The minimum atomic E-state index is -0.215. The predicted molar refractivity (Wildman–Crippen MR) is 70.3 cm³/mol. The molecule has 96 valence electrons. The molecule has 0 saturated carbocycles. The van der Waals surface area contributed by atoms with Crippen molar-refractivity contribution in [2.45, 2.75) is 26.8 Å². The maximum absolute atomic E-state index is 13.0. The summed E-state index contributed by atoms with van der Waals surface area (Å²) in [6.45, 7) is 5.77. The maximum atomic E-state index is 13.0. The molecule has 0 saturated heterocycles. The summed E-state index contributed by atoms with van der Waals surface area (Å²) in [6, 6.07) is 6.71. The molecule has 1 aromatic heterocycles. The highest BCUT2D eigenvalue weighted by Gasteiger charge is 2.04. The van der Waals surface area contributed by atoms with E-state index in [2.05, 4.69) is 17.3 Å². The van der Waals surface area contributed by atoms with Crippen molar-refractivity contribution in [3.05, 3.63) is 47.5 Å². The fraction of sp³-hybridized carbons (Fsp3) is 0.357. The van der Waals surface area contributed by atoms with E-state index in [1.807, 2.05) is 19.2 Å². The smallest absolute Gasteiger partial charge is 0.123 e. The zero-order valence-electron chi connectivity index (χ0n) is 10.8. The molecule has 1 heterocycles. The molecule has 0 aliphatic rings. The molecule has 4 heteroatoms. The number of hydrogen-bond acceptors (Lipinski definition) is 2. The number of aromatic nitrogens is 2. The summed E-state index contributed by atoms with van der Waals surface area (Å²) in [5.74, 6) is -0.215. The van der Waals surface area contributed by atoms with Gasteiger partial charge in [-0.15, -0.1) is 0 Å². The number of hydrogen-bond donors (Lipinski definition) is 1. The zero-order chi connectivity index (χ0) is 13.0. The first-order chi connectivity index (χ1) is 8.70. The van der Waals surface area contributed by atoms with Gasteiger partial charge in [0.05, 0.1) is 11.4 Å². The molecule has 0 fully saturated rings. The van der Waals surface area contributed by atoms with Gasteiger partial charge in [-0.25, -0.2) is 9.07 Å². The average Bonchev–Trinajstić information content (AvgIpc) is 2.78. The van der Waals surface area contributed by atoms with Crippen molar-refractivity contribution < 1.29 is 4.39 Å². The lowest BCUT2D eigenvalue weighted by Crippen LogP contribution is -2.14. The lowest BCUT2D eigenvalue weighted by Gasteiger charge is -2.05. The third-order valence-electron chi connectivity index (χ3n) is 2.78. The average molecular weight is 247 g/mol. The molecule has 0 atom stereocenters. The Bertz CT molecular complexity index is 520. The van der Waals surface area contributed by atoms with Crippen LogP contribution in [0.2, 0.25) is 0 Å². The van der Waals surface area contributed by atoms with Gasteiger partial charge in [-0.2, -0.15) is 5.10 Å². The molecule has 0 radical (unpaired) electrons. The Morgan fingerprint density at radius 2 is 2.17 bits per heavy atom. The number of benzene rings is 1. The van der Waals surface area contributed by atoms with Crippen LogP contribution in [0.4, 0.5) is 4.39 Å². The molecule has 1 N–H and O–H groups in total. The quantitative estimate of drug-likeness (QED) is 0.823. The number of nitrogens with zero attached hydrogens (tertiary/aromatic N) is 2. The van der Waals surface area contributed by atoms with Crippen LogP contribution in [-0.4, -0.2) is 16.3 Å². The maximum Gasteiger partial charge on any atom is 0.123 e. The van der Waals surface area contributed by atoms with E-state index in [-0.39, 0.29) is 5.82 Å². The van der Waals surface area contributed by atoms with Gasteiger partial charge < -0.3 is 5.32 Å². The topological polar surface area (TPSA) is 29.9 Å². The van der Waals surface area contributed by atoms with Crippen LogP contribution in [0, 0.1) is 12.7 Å². The number of rotatable bonds is 5. The van der Waals surface area contributed by atoms with E-state index >= 15 is 0 Å². The Kier molecular flexibility index (Phi) is 4.10. The van der Waals surface area contributed by atoms with Crippen LogP contribution >= 0.6 is 0 Å².